The summed E-state index contributed by atoms with van der Waals surface area (Å²) in [6, 6.07) is 19.8. The molecule has 39 heavy (non-hydrogen) atoms. The Morgan fingerprint density at radius 3 is 2.10 bits per heavy atom. The summed E-state index contributed by atoms with van der Waals surface area (Å²) in [5.74, 6) is -0.610. The molecule has 0 aliphatic heterocycles. The normalized spacial score (nSPS) is 13.1. The first-order chi connectivity index (χ1) is 18.3. The average molecular weight is 582 g/mol. The predicted octanol–water partition coefficient (Wildman–Crippen LogP) is 3.45. The quantitative estimate of drug-likeness (QED) is 0.179. The SMILES string of the molecule is CN(CCCNC(=O)C(Cc1ccc(C(F)(F)P(=O)(O)O)cc1)NS(=O)(=O)c1ccccc1)c1ccccc1. The number of sulfonamides is 1. The number of halogens is 2. The molecule has 0 aliphatic carbocycles. The third-order valence-corrected chi connectivity index (χ3v) is 8.42. The van der Waals surface area contributed by atoms with Gasteiger partial charge in [-0.15, -0.1) is 0 Å². The van der Waals surface area contributed by atoms with Crippen molar-refractivity contribution in [2.75, 3.05) is 25.0 Å². The molecule has 0 saturated heterocycles. The zero-order chi connectivity index (χ0) is 28.7. The van der Waals surface area contributed by atoms with E-state index >= 15 is 0 Å². The van der Waals surface area contributed by atoms with Gasteiger partial charge < -0.3 is 20.0 Å². The summed E-state index contributed by atoms with van der Waals surface area (Å²) in [7, 11) is -7.93. The lowest BCUT2D eigenvalue weighted by molar-refractivity contribution is -0.122. The number of carbonyl (C=O) groups excluding carboxylic acids is 1. The molecule has 0 saturated carbocycles. The molecule has 3 aromatic rings. The molecule has 9 nitrogen and oxygen atoms in total. The molecule has 1 unspecified atom stereocenters. The van der Waals surface area contributed by atoms with Gasteiger partial charge >= 0.3 is 13.3 Å². The number of anilines is 1. The Kier molecular flexibility index (Phi) is 9.98. The summed E-state index contributed by atoms with van der Waals surface area (Å²) in [4.78, 5) is 32.9. The Bertz CT molecular complexity index is 1390. The van der Waals surface area contributed by atoms with E-state index in [1.165, 1.54) is 36.4 Å². The Balaban J connectivity index is 1.72. The Morgan fingerprint density at radius 2 is 1.54 bits per heavy atom. The second-order valence-corrected chi connectivity index (χ2v) is 12.2. The molecule has 0 bridgehead atoms. The van der Waals surface area contributed by atoms with Crippen LogP contribution in [0.3, 0.4) is 0 Å². The molecule has 13 heteroatoms. The molecule has 210 valence electrons. The van der Waals surface area contributed by atoms with Gasteiger partial charge in [-0.2, -0.15) is 13.5 Å². The third-order valence-electron chi connectivity index (χ3n) is 5.94. The molecule has 1 atom stereocenters. The van der Waals surface area contributed by atoms with Crippen molar-refractivity contribution in [2.45, 2.75) is 29.4 Å². The van der Waals surface area contributed by atoms with E-state index in [2.05, 4.69) is 10.0 Å². The maximum atomic E-state index is 14.0. The fraction of sp³-hybridized carbons (Fsp3) is 0.269. The average Bonchev–Trinajstić information content (AvgIpc) is 2.91. The van der Waals surface area contributed by atoms with Gasteiger partial charge in [0.2, 0.25) is 15.9 Å². The van der Waals surface area contributed by atoms with E-state index in [0.29, 0.717) is 18.5 Å². The van der Waals surface area contributed by atoms with Gasteiger partial charge in [0.25, 0.3) is 0 Å². The summed E-state index contributed by atoms with van der Waals surface area (Å²) in [6.07, 6.45) is 0.380. The van der Waals surface area contributed by atoms with Gasteiger partial charge in [-0.25, -0.2) is 8.42 Å². The largest absolute Gasteiger partial charge is 0.399 e. The second-order valence-electron chi connectivity index (χ2n) is 8.87. The van der Waals surface area contributed by atoms with Gasteiger partial charge in [0.1, 0.15) is 6.04 Å². The lowest BCUT2D eigenvalue weighted by atomic mass is 10.0. The number of amides is 1. The first-order valence-corrected chi connectivity index (χ1v) is 15.0. The number of nitrogens with zero attached hydrogens (tertiary/aromatic N) is 1. The van der Waals surface area contributed by atoms with Crippen molar-refractivity contribution in [3.05, 3.63) is 96.1 Å². The number of rotatable bonds is 13. The Hall–Kier alpha value is -3.15. The first kappa shape index (κ1) is 30.4. The van der Waals surface area contributed by atoms with E-state index < -0.39 is 40.8 Å². The van der Waals surface area contributed by atoms with E-state index in [1.54, 1.807) is 6.07 Å². The van der Waals surface area contributed by atoms with E-state index in [-0.39, 0.29) is 17.9 Å². The van der Waals surface area contributed by atoms with Gasteiger partial charge in [-0.1, -0.05) is 60.7 Å². The van der Waals surface area contributed by atoms with Gasteiger partial charge in [0.05, 0.1) is 4.90 Å². The monoisotopic (exact) mass is 581 g/mol. The van der Waals surface area contributed by atoms with Crippen molar-refractivity contribution in [2.24, 2.45) is 0 Å². The molecule has 1 amide bonds. The van der Waals surface area contributed by atoms with E-state index in [9.17, 15) is 26.6 Å². The molecule has 3 aromatic carbocycles. The predicted molar refractivity (Wildman–Crippen MR) is 144 cm³/mol. The highest BCUT2D eigenvalue weighted by Gasteiger charge is 2.50. The van der Waals surface area contributed by atoms with E-state index in [4.69, 9.17) is 9.79 Å². The van der Waals surface area contributed by atoms with Crippen LogP contribution in [0.1, 0.15) is 17.5 Å². The van der Waals surface area contributed by atoms with Crippen molar-refractivity contribution in [1.29, 1.82) is 0 Å². The van der Waals surface area contributed by atoms with Crippen LogP contribution < -0.4 is 14.9 Å². The third kappa shape index (κ3) is 8.17. The van der Waals surface area contributed by atoms with Crippen molar-refractivity contribution in [3.8, 4) is 0 Å². The summed E-state index contributed by atoms with van der Waals surface area (Å²) >= 11 is 0. The molecule has 3 rings (SSSR count). The number of para-hydroxylation sites is 1. The van der Waals surface area contributed by atoms with Gasteiger partial charge in [-0.05, 0) is 42.7 Å². The van der Waals surface area contributed by atoms with Crippen molar-refractivity contribution < 1.29 is 36.3 Å². The minimum Gasteiger partial charge on any atom is -0.375 e. The minimum atomic E-state index is -5.75. The number of benzene rings is 3. The number of hydrogen-bond donors (Lipinski definition) is 4. The highest BCUT2D eigenvalue weighted by atomic mass is 32.2. The smallest absolute Gasteiger partial charge is 0.375 e. The van der Waals surface area contributed by atoms with Crippen LogP contribution in [-0.4, -0.2) is 50.3 Å². The second kappa shape index (κ2) is 12.8. The maximum absolute atomic E-state index is 14.0. The van der Waals surface area contributed by atoms with E-state index in [0.717, 1.165) is 17.8 Å². The molecule has 0 radical (unpaired) electrons. The fourth-order valence-corrected chi connectivity index (χ4v) is 5.45. The van der Waals surface area contributed by atoms with Crippen molar-refractivity contribution in [3.63, 3.8) is 0 Å². The zero-order valence-electron chi connectivity index (χ0n) is 21.1. The summed E-state index contributed by atoms with van der Waals surface area (Å²) < 4.78 is 67.4. The first-order valence-electron chi connectivity index (χ1n) is 12.0. The van der Waals surface area contributed by atoms with Crippen LogP contribution in [0.2, 0.25) is 0 Å². The molecule has 0 fully saturated rings. The number of carbonyl (C=O) groups is 1. The molecule has 0 aromatic heterocycles. The highest BCUT2D eigenvalue weighted by molar-refractivity contribution is 7.89. The molecular weight excluding hydrogens is 551 g/mol. The van der Waals surface area contributed by atoms with Crippen LogP contribution >= 0.6 is 7.60 Å². The summed E-state index contributed by atoms with van der Waals surface area (Å²) in [5, 5.41) is 2.72. The topological polar surface area (TPSA) is 136 Å². The Morgan fingerprint density at radius 1 is 0.974 bits per heavy atom. The minimum absolute atomic E-state index is 0.0519. The van der Waals surface area contributed by atoms with Crippen molar-refractivity contribution >= 4 is 29.2 Å². The fourth-order valence-electron chi connectivity index (χ4n) is 3.75. The van der Waals surface area contributed by atoms with Gasteiger partial charge in [0, 0.05) is 31.4 Å². The van der Waals surface area contributed by atoms with Crippen LogP contribution in [0.4, 0.5) is 14.5 Å². The van der Waals surface area contributed by atoms with Crippen LogP contribution in [-0.2, 0) is 31.5 Å². The molecule has 0 aliphatic rings. The number of alkyl halides is 2. The van der Waals surface area contributed by atoms with Crippen molar-refractivity contribution in [1.82, 2.24) is 10.0 Å². The number of nitrogens with one attached hydrogen (secondary N) is 2. The Labute approximate surface area is 226 Å². The molecule has 4 N–H and O–H groups in total. The summed E-state index contributed by atoms with van der Waals surface area (Å²) in [6.45, 7) is 0.882. The molecule has 0 heterocycles. The number of hydrogen-bond acceptors (Lipinski definition) is 5. The molecular formula is C26H30F2N3O6PS. The highest BCUT2D eigenvalue weighted by Crippen LogP contribution is 2.59. The molecule has 0 spiro atoms. The van der Waals surface area contributed by atoms with Gasteiger partial charge in [0.15, 0.2) is 0 Å². The van der Waals surface area contributed by atoms with Gasteiger partial charge in [-0.3, -0.25) is 9.36 Å². The van der Waals surface area contributed by atoms with Crippen LogP contribution in [0, 0.1) is 0 Å². The standard InChI is InChI=1S/C26H30F2N3O6PS/c1-31(22-9-4-2-5-10-22)18-8-17-29-25(32)24(30-39(36,37)23-11-6-3-7-12-23)19-20-13-15-21(16-14-20)26(27,28)38(33,34)35/h2-7,9-16,24,30H,8,17-19H2,1H3,(H,29,32)(H2,33,34,35). The van der Waals surface area contributed by atoms with Crippen LogP contribution in [0.25, 0.3) is 0 Å². The van der Waals surface area contributed by atoms with Crippen LogP contribution in [0.5, 0.6) is 0 Å². The lowest BCUT2D eigenvalue weighted by Gasteiger charge is -2.21. The maximum Gasteiger partial charge on any atom is 0.399 e. The summed E-state index contributed by atoms with van der Waals surface area (Å²) in [5.41, 5.74) is -3.97. The van der Waals surface area contributed by atoms with Crippen LogP contribution in [0.15, 0.2) is 89.8 Å². The van der Waals surface area contributed by atoms with E-state index in [1.807, 2.05) is 42.3 Å². The zero-order valence-corrected chi connectivity index (χ0v) is 22.8. The lowest BCUT2D eigenvalue weighted by Crippen LogP contribution is -2.48.